The molecule has 2 aromatic carbocycles. The molecule has 0 aliphatic heterocycles. The van der Waals surface area contributed by atoms with Crippen molar-refractivity contribution in [2.24, 2.45) is 0 Å². The normalized spacial score (nSPS) is 22.7. The van der Waals surface area contributed by atoms with Crippen molar-refractivity contribution < 1.29 is 0 Å². The predicted molar refractivity (Wildman–Crippen MR) is 114 cm³/mol. The smallest absolute Gasteiger partial charge is 0.0263 e. The first kappa shape index (κ1) is 16.8. The molecule has 2 unspecified atom stereocenters. The average Bonchev–Trinajstić information content (AvgIpc) is 3.05. The SMILES string of the molecule is CC1=Cc2c(Br)cccc2C1P(C)C1C(C)=Cc2c(Br)cccc21. The highest BCUT2D eigenvalue weighted by Gasteiger charge is 2.36. The summed E-state index contributed by atoms with van der Waals surface area (Å²) in [5.41, 5.74) is 9.84. The minimum Gasteiger partial charge on any atom is -0.0860 e. The summed E-state index contributed by atoms with van der Waals surface area (Å²) in [6.07, 6.45) is 4.75. The summed E-state index contributed by atoms with van der Waals surface area (Å²) >= 11 is 7.45. The maximum atomic E-state index is 3.73. The van der Waals surface area contributed by atoms with Gasteiger partial charge < -0.3 is 0 Å². The van der Waals surface area contributed by atoms with Crippen LogP contribution in [0.2, 0.25) is 0 Å². The van der Waals surface area contributed by atoms with Crippen LogP contribution in [-0.2, 0) is 0 Å². The Morgan fingerprint density at radius 2 is 1.17 bits per heavy atom. The maximum absolute atomic E-state index is 3.73. The molecule has 0 bridgehead atoms. The molecule has 0 aromatic heterocycles. The first-order valence-corrected chi connectivity index (χ1v) is 11.7. The van der Waals surface area contributed by atoms with Crippen LogP contribution in [0.1, 0.15) is 47.4 Å². The van der Waals surface area contributed by atoms with E-state index in [0.29, 0.717) is 11.3 Å². The second-order valence-corrected chi connectivity index (χ2v) is 10.8. The van der Waals surface area contributed by atoms with Gasteiger partial charge >= 0.3 is 0 Å². The van der Waals surface area contributed by atoms with Crippen LogP contribution in [0.3, 0.4) is 0 Å². The second kappa shape index (κ2) is 6.24. The van der Waals surface area contributed by atoms with E-state index < -0.39 is 0 Å². The molecular weight excluding hydrogens is 443 g/mol. The number of hydrogen-bond acceptors (Lipinski definition) is 0. The lowest BCUT2D eigenvalue weighted by Crippen LogP contribution is -2.03. The molecule has 0 spiro atoms. The van der Waals surface area contributed by atoms with Gasteiger partial charge in [-0.2, -0.15) is 0 Å². The highest BCUT2D eigenvalue weighted by atomic mass is 79.9. The molecule has 0 amide bonds. The van der Waals surface area contributed by atoms with Crippen LogP contribution in [0.5, 0.6) is 0 Å². The van der Waals surface area contributed by atoms with Gasteiger partial charge in [-0.05, 0) is 54.9 Å². The summed E-state index contributed by atoms with van der Waals surface area (Å²) in [7, 11) is -0.238. The fourth-order valence-electron chi connectivity index (χ4n) is 4.22. The topological polar surface area (TPSA) is 0 Å². The fraction of sp³-hybridized carbons (Fsp3) is 0.238. The molecule has 24 heavy (non-hydrogen) atoms. The van der Waals surface area contributed by atoms with Crippen LogP contribution in [0.25, 0.3) is 12.2 Å². The lowest BCUT2D eigenvalue weighted by molar-refractivity contribution is 1.06. The molecule has 2 aliphatic carbocycles. The van der Waals surface area contributed by atoms with Crippen molar-refractivity contribution in [2.45, 2.75) is 25.2 Å². The van der Waals surface area contributed by atoms with Gasteiger partial charge in [-0.1, -0.05) is 87.3 Å². The zero-order valence-electron chi connectivity index (χ0n) is 14.0. The van der Waals surface area contributed by atoms with Gasteiger partial charge in [0.1, 0.15) is 0 Å². The molecule has 0 fully saturated rings. The van der Waals surface area contributed by atoms with E-state index in [1.54, 1.807) is 0 Å². The third-order valence-electron chi connectivity index (χ3n) is 5.18. The Morgan fingerprint density at radius 3 is 1.58 bits per heavy atom. The number of fused-ring (bicyclic) bond motifs is 2. The lowest BCUT2D eigenvalue weighted by atomic mass is 10.1. The van der Waals surface area contributed by atoms with E-state index in [1.165, 1.54) is 42.3 Å². The molecule has 2 aromatic rings. The van der Waals surface area contributed by atoms with Crippen molar-refractivity contribution in [3.63, 3.8) is 0 Å². The van der Waals surface area contributed by atoms with Gasteiger partial charge in [0.15, 0.2) is 0 Å². The van der Waals surface area contributed by atoms with Crippen LogP contribution in [0.15, 0.2) is 56.5 Å². The Labute approximate surface area is 162 Å². The zero-order valence-corrected chi connectivity index (χ0v) is 18.0. The van der Waals surface area contributed by atoms with Crippen LogP contribution in [0.4, 0.5) is 0 Å². The summed E-state index contributed by atoms with van der Waals surface area (Å²) in [4.78, 5) is 0. The molecule has 4 rings (SSSR count). The minimum absolute atomic E-state index is 0.238. The summed E-state index contributed by atoms with van der Waals surface area (Å²) in [5, 5.41) is 0. The van der Waals surface area contributed by atoms with Gasteiger partial charge in [0.2, 0.25) is 0 Å². The molecule has 3 heteroatoms. The van der Waals surface area contributed by atoms with Gasteiger partial charge in [0, 0.05) is 20.3 Å². The first-order chi connectivity index (χ1) is 11.5. The Balaban J connectivity index is 1.79. The van der Waals surface area contributed by atoms with Crippen molar-refractivity contribution in [1.82, 2.24) is 0 Å². The molecule has 122 valence electrons. The molecule has 2 aliphatic rings. The summed E-state index contributed by atoms with van der Waals surface area (Å²) in [6, 6.07) is 13.3. The van der Waals surface area contributed by atoms with E-state index in [9.17, 15) is 0 Å². The maximum Gasteiger partial charge on any atom is 0.0263 e. The Hall–Kier alpha value is -0.690. The van der Waals surface area contributed by atoms with Crippen molar-refractivity contribution in [3.05, 3.63) is 78.7 Å². The van der Waals surface area contributed by atoms with E-state index in [2.05, 4.69) is 101 Å². The van der Waals surface area contributed by atoms with E-state index >= 15 is 0 Å². The first-order valence-electron chi connectivity index (χ1n) is 8.14. The fourth-order valence-corrected chi connectivity index (χ4v) is 8.27. The third kappa shape index (κ3) is 2.50. The Morgan fingerprint density at radius 1 is 0.750 bits per heavy atom. The van der Waals surface area contributed by atoms with Gasteiger partial charge in [-0.3, -0.25) is 0 Å². The van der Waals surface area contributed by atoms with Crippen molar-refractivity contribution in [2.75, 3.05) is 6.66 Å². The number of allylic oxidation sites excluding steroid dienone is 2. The van der Waals surface area contributed by atoms with Gasteiger partial charge in [-0.25, -0.2) is 0 Å². The molecule has 0 radical (unpaired) electrons. The predicted octanol–water partition coefficient (Wildman–Crippen LogP) is 7.94. The van der Waals surface area contributed by atoms with E-state index in [4.69, 9.17) is 0 Å². The third-order valence-corrected chi connectivity index (χ3v) is 9.57. The average molecular weight is 462 g/mol. The standard InChI is InChI=1S/C21H19Br2P/c1-12-10-16-14(6-4-8-18(16)22)20(12)24(3)21-13(2)11-17-15(21)7-5-9-19(17)23/h4-11,20-21H,1-3H3. The summed E-state index contributed by atoms with van der Waals surface area (Å²) in [6.45, 7) is 7.07. The van der Waals surface area contributed by atoms with Crippen LogP contribution >= 0.6 is 39.8 Å². The molecule has 0 N–H and O–H groups in total. The highest BCUT2D eigenvalue weighted by molar-refractivity contribution is 9.10. The number of benzene rings is 2. The van der Waals surface area contributed by atoms with E-state index in [1.807, 2.05) is 0 Å². The molecule has 0 saturated carbocycles. The van der Waals surface area contributed by atoms with Crippen LogP contribution < -0.4 is 0 Å². The second-order valence-electron chi connectivity index (χ2n) is 6.73. The van der Waals surface area contributed by atoms with Crippen molar-refractivity contribution >= 4 is 51.9 Å². The van der Waals surface area contributed by atoms with Crippen LogP contribution in [-0.4, -0.2) is 6.66 Å². The molecular formula is C21H19Br2P. The zero-order chi connectivity index (χ0) is 17.0. The van der Waals surface area contributed by atoms with Crippen molar-refractivity contribution in [3.8, 4) is 0 Å². The Kier molecular flexibility index (Phi) is 4.35. The summed E-state index contributed by atoms with van der Waals surface area (Å²) < 4.78 is 2.43. The van der Waals surface area contributed by atoms with Crippen molar-refractivity contribution in [1.29, 1.82) is 0 Å². The molecule has 2 atom stereocenters. The monoisotopic (exact) mass is 460 g/mol. The molecule has 0 heterocycles. The van der Waals surface area contributed by atoms with Crippen LogP contribution in [0, 0.1) is 0 Å². The quantitative estimate of drug-likeness (QED) is 0.398. The lowest BCUT2D eigenvalue weighted by Gasteiger charge is -2.31. The van der Waals surface area contributed by atoms with Gasteiger partial charge in [0.25, 0.3) is 0 Å². The molecule has 0 saturated heterocycles. The number of halogens is 2. The van der Waals surface area contributed by atoms with E-state index in [-0.39, 0.29) is 7.92 Å². The minimum atomic E-state index is -0.238. The highest BCUT2D eigenvalue weighted by Crippen LogP contribution is 2.68. The van der Waals surface area contributed by atoms with E-state index in [0.717, 1.165) is 0 Å². The summed E-state index contributed by atoms with van der Waals surface area (Å²) in [5.74, 6) is 0. The number of rotatable bonds is 2. The van der Waals surface area contributed by atoms with Gasteiger partial charge in [-0.15, -0.1) is 0 Å². The van der Waals surface area contributed by atoms with Gasteiger partial charge in [0.05, 0.1) is 0 Å². The number of hydrogen-bond donors (Lipinski definition) is 0. The molecule has 0 nitrogen and oxygen atoms in total. The Bertz CT molecular complexity index is 821. The largest absolute Gasteiger partial charge is 0.0860 e.